The fraction of sp³-hybridized carbons (Fsp3) is 0.684. The molecule has 130 valence electrons. The van der Waals surface area contributed by atoms with Gasteiger partial charge in [-0.3, -0.25) is 0 Å². The van der Waals surface area contributed by atoms with Crippen molar-refractivity contribution in [2.45, 2.75) is 49.3 Å². The van der Waals surface area contributed by atoms with E-state index in [4.69, 9.17) is 14.2 Å². The Morgan fingerprint density at radius 1 is 1.38 bits per heavy atom. The summed E-state index contributed by atoms with van der Waals surface area (Å²) in [4.78, 5) is 2.51. The van der Waals surface area contributed by atoms with Gasteiger partial charge in [0.15, 0.2) is 18.3 Å². The van der Waals surface area contributed by atoms with E-state index in [-0.39, 0.29) is 24.4 Å². The number of benzene rings is 1. The van der Waals surface area contributed by atoms with Crippen LogP contribution in [-0.4, -0.2) is 55.8 Å². The molecule has 0 unspecified atom stereocenters. The molecule has 5 rings (SSSR count). The van der Waals surface area contributed by atoms with Crippen LogP contribution < -0.4 is 9.47 Å². The predicted molar refractivity (Wildman–Crippen MR) is 88.5 cm³/mol. The summed E-state index contributed by atoms with van der Waals surface area (Å²) in [5, 5.41) is 10.7. The van der Waals surface area contributed by atoms with E-state index in [1.54, 1.807) is 7.11 Å². The molecular weight excluding hydrogens is 306 g/mol. The Morgan fingerprint density at radius 3 is 3.08 bits per heavy atom. The maximum absolute atomic E-state index is 10.7. The lowest BCUT2D eigenvalue weighted by Gasteiger charge is -2.58. The highest BCUT2D eigenvalue weighted by Crippen LogP contribution is 2.63. The van der Waals surface area contributed by atoms with Crippen molar-refractivity contribution >= 4 is 0 Å². The Hall–Kier alpha value is -1.30. The molecule has 1 N–H and O–H groups in total. The van der Waals surface area contributed by atoms with Gasteiger partial charge in [0.25, 0.3) is 0 Å². The van der Waals surface area contributed by atoms with E-state index in [9.17, 15) is 5.11 Å². The number of aliphatic hydroxyl groups is 1. The number of likely N-dealkylation sites (N-methyl/N-ethyl adjacent to an activating group) is 1. The van der Waals surface area contributed by atoms with Gasteiger partial charge in [0.05, 0.1) is 6.10 Å². The minimum absolute atomic E-state index is 0.0375. The quantitative estimate of drug-likeness (QED) is 0.855. The molecule has 5 nitrogen and oxygen atoms in total. The molecule has 2 bridgehead atoms. The molecule has 2 aliphatic heterocycles. The Balaban J connectivity index is 1.70. The molecule has 2 aliphatic carbocycles. The molecule has 5 atom stereocenters. The van der Waals surface area contributed by atoms with Crippen molar-refractivity contribution in [3.8, 4) is 11.5 Å². The lowest BCUT2D eigenvalue weighted by Crippen LogP contribution is -2.66. The maximum atomic E-state index is 10.7. The zero-order chi connectivity index (χ0) is 16.5. The van der Waals surface area contributed by atoms with Crippen LogP contribution in [0.3, 0.4) is 0 Å². The number of methoxy groups -OCH3 is 1. The lowest BCUT2D eigenvalue weighted by molar-refractivity contribution is -0.0995. The Labute approximate surface area is 142 Å². The summed E-state index contributed by atoms with van der Waals surface area (Å²) < 4.78 is 17.2. The highest BCUT2D eigenvalue weighted by Gasteiger charge is 2.65. The number of likely N-dealkylation sites (tertiary alicyclic amines) is 1. The summed E-state index contributed by atoms with van der Waals surface area (Å²) in [7, 11) is 3.87. The smallest absolute Gasteiger partial charge is 0.188 e. The van der Waals surface area contributed by atoms with E-state index in [2.05, 4.69) is 18.0 Å². The van der Waals surface area contributed by atoms with E-state index >= 15 is 0 Å². The summed E-state index contributed by atoms with van der Waals surface area (Å²) in [6.07, 6.45) is 3.52. The summed E-state index contributed by atoms with van der Waals surface area (Å²) >= 11 is 0. The minimum Gasteiger partial charge on any atom is -0.483 e. The first-order valence-corrected chi connectivity index (χ1v) is 9.00. The summed E-state index contributed by atoms with van der Waals surface area (Å²) in [6.45, 7) is 1.28. The zero-order valence-electron chi connectivity index (χ0n) is 14.3. The Morgan fingerprint density at radius 2 is 2.25 bits per heavy atom. The Bertz CT molecular complexity index is 678. The zero-order valence-corrected chi connectivity index (χ0v) is 14.3. The number of hydrogen-bond acceptors (Lipinski definition) is 5. The highest BCUT2D eigenvalue weighted by molar-refractivity contribution is 5.61. The van der Waals surface area contributed by atoms with Crippen molar-refractivity contribution in [2.75, 3.05) is 27.5 Å². The standard InChI is InChI=1S/C19H25NO4/c1-20-8-7-19-12-4-5-14(21)18(19)24-17-15(23-10-22-2)6-3-11(16(17)19)9-13(12)20/h3,6,12-14,18,21H,4-5,7-10H2,1-2H3/t12-,13+,14-,18-,19-/m0/s1. The van der Waals surface area contributed by atoms with Crippen LogP contribution in [0.5, 0.6) is 11.5 Å². The average Bonchev–Trinajstić information content (AvgIpc) is 2.94. The van der Waals surface area contributed by atoms with Crippen molar-refractivity contribution in [2.24, 2.45) is 5.92 Å². The van der Waals surface area contributed by atoms with Crippen LogP contribution in [0.1, 0.15) is 30.4 Å². The summed E-state index contributed by atoms with van der Waals surface area (Å²) in [5.74, 6) is 2.18. The largest absolute Gasteiger partial charge is 0.483 e. The molecule has 1 spiro atoms. The molecule has 0 radical (unpaired) electrons. The molecular formula is C19H25NO4. The third-order valence-electron chi connectivity index (χ3n) is 6.88. The van der Waals surface area contributed by atoms with E-state index in [0.29, 0.717) is 12.0 Å². The van der Waals surface area contributed by atoms with Crippen LogP contribution >= 0.6 is 0 Å². The molecule has 4 aliphatic rings. The number of rotatable bonds is 3. The SMILES string of the molecule is COCOc1ccc2c3c1O[C@H]1[C@@H](O)CC[C@H]4[C@@H](C2)N(C)CC[C@@]341. The van der Waals surface area contributed by atoms with Crippen LogP contribution in [0.2, 0.25) is 0 Å². The number of aliphatic hydroxyl groups excluding tert-OH is 1. The van der Waals surface area contributed by atoms with Crippen molar-refractivity contribution in [1.82, 2.24) is 4.90 Å². The van der Waals surface area contributed by atoms with Gasteiger partial charge in [-0.15, -0.1) is 0 Å². The molecule has 5 heteroatoms. The fourth-order valence-corrected chi connectivity index (χ4v) is 5.94. The fourth-order valence-electron chi connectivity index (χ4n) is 5.94. The van der Waals surface area contributed by atoms with Crippen LogP contribution in [0.25, 0.3) is 0 Å². The van der Waals surface area contributed by atoms with Crippen LogP contribution in [0.15, 0.2) is 12.1 Å². The first-order valence-electron chi connectivity index (χ1n) is 9.00. The van der Waals surface area contributed by atoms with Crippen molar-refractivity contribution in [3.63, 3.8) is 0 Å². The van der Waals surface area contributed by atoms with Gasteiger partial charge in [0.2, 0.25) is 0 Å². The predicted octanol–water partition coefficient (Wildman–Crippen LogP) is 1.70. The molecule has 2 heterocycles. The van der Waals surface area contributed by atoms with Crippen LogP contribution in [0.4, 0.5) is 0 Å². The van der Waals surface area contributed by atoms with Gasteiger partial charge >= 0.3 is 0 Å². The number of nitrogens with zero attached hydrogens (tertiary/aromatic N) is 1. The third kappa shape index (κ3) is 1.70. The van der Waals surface area contributed by atoms with Crippen molar-refractivity contribution in [3.05, 3.63) is 23.3 Å². The number of ether oxygens (including phenoxy) is 3. The first-order chi connectivity index (χ1) is 11.7. The lowest BCUT2D eigenvalue weighted by atomic mass is 9.51. The topological polar surface area (TPSA) is 51.2 Å². The Kier molecular flexibility index (Phi) is 3.19. The van der Waals surface area contributed by atoms with Crippen molar-refractivity contribution in [1.29, 1.82) is 0 Å². The van der Waals surface area contributed by atoms with Gasteiger partial charge in [-0.2, -0.15) is 0 Å². The van der Waals surface area contributed by atoms with E-state index in [0.717, 1.165) is 43.7 Å². The average molecular weight is 331 g/mol. The second-order valence-electron chi connectivity index (χ2n) is 7.81. The minimum atomic E-state index is -0.390. The molecule has 0 aromatic heterocycles. The van der Waals surface area contributed by atoms with E-state index in [1.165, 1.54) is 11.1 Å². The van der Waals surface area contributed by atoms with E-state index < -0.39 is 0 Å². The molecule has 1 aromatic rings. The van der Waals surface area contributed by atoms with Gasteiger partial charge in [-0.1, -0.05) is 6.07 Å². The van der Waals surface area contributed by atoms with E-state index in [1.807, 2.05) is 6.07 Å². The van der Waals surface area contributed by atoms with Crippen molar-refractivity contribution < 1.29 is 19.3 Å². The monoisotopic (exact) mass is 331 g/mol. The van der Waals surface area contributed by atoms with Gasteiger partial charge in [0, 0.05) is 24.1 Å². The molecule has 2 fully saturated rings. The highest BCUT2D eigenvalue weighted by atomic mass is 16.7. The second-order valence-corrected chi connectivity index (χ2v) is 7.81. The molecule has 1 aromatic carbocycles. The van der Waals surface area contributed by atoms with Crippen LogP contribution in [0, 0.1) is 5.92 Å². The summed E-state index contributed by atoms with van der Waals surface area (Å²) in [6, 6.07) is 4.76. The van der Waals surface area contributed by atoms with Gasteiger partial charge < -0.3 is 24.2 Å². The normalized spacial score (nSPS) is 39.3. The summed E-state index contributed by atoms with van der Waals surface area (Å²) in [5.41, 5.74) is 2.66. The molecule has 24 heavy (non-hydrogen) atoms. The maximum Gasteiger partial charge on any atom is 0.188 e. The van der Waals surface area contributed by atoms with Gasteiger partial charge in [-0.25, -0.2) is 0 Å². The molecule has 0 amide bonds. The number of piperidine rings is 1. The van der Waals surface area contributed by atoms with Crippen LogP contribution in [-0.2, 0) is 16.6 Å². The van der Waals surface area contributed by atoms with Gasteiger partial charge in [0.1, 0.15) is 6.10 Å². The third-order valence-corrected chi connectivity index (χ3v) is 6.88. The second kappa shape index (κ2) is 5.10. The first kappa shape index (κ1) is 15.0. The molecule has 1 saturated carbocycles. The van der Waals surface area contributed by atoms with Gasteiger partial charge in [-0.05, 0) is 56.8 Å². The molecule has 1 saturated heterocycles. The number of hydrogen-bond donors (Lipinski definition) is 1.